The Kier molecular flexibility index (Phi) is 6.42. The largest absolute Gasteiger partial charge is 0.504 e. The van der Waals surface area contributed by atoms with Gasteiger partial charge in [-0.2, -0.15) is 0 Å². The number of rotatable bonds is 7. The second-order valence-corrected chi connectivity index (χ2v) is 9.70. The summed E-state index contributed by atoms with van der Waals surface area (Å²) in [5.74, 6) is -0.335. The molecule has 0 aliphatic heterocycles. The van der Waals surface area contributed by atoms with Gasteiger partial charge >= 0.3 is 0 Å². The van der Waals surface area contributed by atoms with Gasteiger partial charge in [-0.15, -0.1) is 0 Å². The van der Waals surface area contributed by atoms with Gasteiger partial charge in [0.15, 0.2) is 5.75 Å². The van der Waals surface area contributed by atoms with Crippen LogP contribution in [-0.2, 0) is 14.9 Å². The number of nitrogens with zero attached hydrogens (tertiary/aromatic N) is 1. The topological polar surface area (TPSA) is 125 Å². The summed E-state index contributed by atoms with van der Waals surface area (Å²) in [5.41, 5.74) is -1.33. The zero-order valence-electron chi connectivity index (χ0n) is 16.9. The van der Waals surface area contributed by atoms with Gasteiger partial charge in [0.05, 0.1) is 17.8 Å². The van der Waals surface area contributed by atoms with Crippen LogP contribution in [0.5, 0.6) is 5.75 Å². The standard InChI is InChI=1S/C19H24ClN3O6S/c1-10-6-4-5-7-12(10)21-14-15(18(26)17(14)25)22-13-9-8-11(20)19(16(13)24)30(27,28)23(2)29-3/h8-10,12,21-22,24H,4-7H2,1-3H3. The van der Waals surface area contributed by atoms with Crippen molar-refractivity contribution in [3.63, 3.8) is 0 Å². The number of halogens is 1. The number of aromatic hydroxyl groups is 1. The van der Waals surface area contributed by atoms with E-state index in [0.717, 1.165) is 39.8 Å². The predicted molar refractivity (Wildman–Crippen MR) is 115 cm³/mol. The van der Waals surface area contributed by atoms with Gasteiger partial charge in [0.2, 0.25) is 0 Å². The Hall–Kier alpha value is -2.14. The van der Waals surface area contributed by atoms with Crippen molar-refractivity contribution in [3.05, 3.63) is 37.6 Å². The van der Waals surface area contributed by atoms with E-state index in [1.165, 1.54) is 12.1 Å². The molecule has 3 rings (SSSR count). The maximum Gasteiger partial charge on any atom is 0.269 e. The van der Waals surface area contributed by atoms with Crippen LogP contribution >= 0.6 is 11.6 Å². The number of hydrogen-bond acceptors (Lipinski definition) is 8. The van der Waals surface area contributed by atoms with Gasteiger partial charge < -0.3 is 15.7 Å². The molecule has 0 bridgehead atoms. The van der Waals surface area contributed by atoms with Crippen molar-refractivity contribution >= 4 is 38.7 Å². The van der Waals surface area contributed by atoms with Gasteiger partial charge in [-0.3, -0.25) is 14.4 Å². The molecular weight excluding hydrogens is 434 g/mol. The number of sulfonamides is 1. The summed E-state index contributed by atoms with van der Waals surface area (Å²) >= 11 is 6.00. The van der Waals surface area contributed by atoms with E-state index in [1.807, 2.05) is 0 Å². The maximum atomic E-state index is 12.6. The number of phenolic OH excluding ortho intramolecular Hbond substituents is 1. The molecule has 0 amide bonds. The molecule has 1 aliphatic carbocycles. The molecule has 3 N–H and O–H groups in total. The Morgan fingerprint density at radius 2 is 1.80 bits per heavy atom. The van der Waals surface area contributed by atoms with Gasteiger partial charge in [0.1, 0.15) is 16.3 Å². The Morgan fingerprint density at radius 3 is 2.43 bits per heavy atom. The zero-order chi connectivity index (χ0) is 22.2. The highest BCUT2D eigenvalue weighted by atomic mass is 35.5. The van der Waals surface area contributed by atoms with E-state index in [4.69, 9.17) is 16.4 Å². The van der Waals surface area contributed by atoms with Crippen molar-refractivity contribution < 1.29 is 18.4 Å². The Morgan fingerprint density at radius 1 is 1.17 bits per heavy atom. The van der Waals surface area contributed by atoms with Crippen LogP contribution in [-0.4, -0.2) is 38.2 Å². The highest BCUT2D eigenvalue weighted by Crippen LogP contribution is 2.40. The molecule has 0 spiro atoms. The Labute approximate surface area is 179 Å². The normalized spacial score (nSPS) is 19.9. The van der Waals surface area contributed by atoms with Crippen molar-refractivity contribution in [2.75, 3.05) is 24.8 Å². The SMILES string of the molecule is CON(C)S(=O)(=O)c1c(Cl)ccc(Nc2c(NC3CCCCC3C)c(=O)c2=O)c1O. The summed E-state index contributed by atoms with van der Waals surface area (Å²) in [6.45, 7) is 2.09. The number of phenols is 1. The van der Waals surface area contributed by atoms with Gasteiger partial charge in [-0.05, 0) is 30.9 Å². The van der Waals surface area contributed by atoms with E-state index >= 15 is 0 Å². The molecule has 0 heterocycles. The van der Waals surface area contributed by atoms with Crippen LogP contribution in [0.4, 0.5) is 17.1 Å². The van der Waals surface area contributed by atoms with Crippen LogP contribution in [0.15, 0.2) is 26.6 Å². The van der Waals surface area contributed by atoms with Crippen molar-refractivity contribution in [3.8, 4) is 5.75 Å². The van der Waals surface area contributed by atoms with Crippen LogP contribution in [0, 0.1) is 5.92 Å². The van der Waals surface area contributed by atoms with Crippen LogP contribution < -0.4 is 21.5 Å². The third kappa shape index (κ3) is 3.92. The second-order valence-electron chi connectivity index (χ2n) is 7.42. The molecule has 1 aliphatic rings. The fourth-order valence-corrected chi connectivity index (χ4v) is 5.19. The molecule has 2 unspecified atom stereocenters. The number of hydroxylamine groups is 1. The number of nitrogens with one attached hydrogen (secondary N) is 2. The molecule has 164 valence electrons. The first-order valence-corrected chi connectivity index (χ1v) is 11.3. The monoisotopic (exact) mass is 457 g/mol. The summed E-state index contributed by atoms with van der Waals surface area (Å²) < 4.78 is 25.7. The third-order valence-corrected chi connectivity index (χ3v) is 7.73. The van der Waals surface area contributed by atoms with Crippen LogP contribution in [0.3, 0.4) is 0 Å². The van der Waals surface area contributed by atoms with E-state index < -0.39 is 31.5 Å². The van der Waals surface area contributed by atoms with Gasteiger partial charge in [0, 0.05) is 13.1 Å². The summed E-state index contributed by atoms with van der Waals surface area (Å²) in [6.07, 6.45) is 4.08. The molecule has 0 radical (unpaired) electrons. The van der Waals surface area contributed by atoms with E-state index in [2.05, 4.69) is 17.6 Å². The van der Waals surface area contributed by atoms with Crippen LogP contribution in [0.1, 0.15) is 32.6 Å². The number of anilines is 3. The first-order valence-electron chi connectivity index (χ1n) is 9.51. The molecule has 30 heavy (non-hydrogen) atoms. The smallest absolute Gasteiger partial charge is 0.269 e. The number of benzene rings is 1. The van der Waals surface area contributed by atoms with Crippen molar-refractivity contribution in [1.82, 2.24) is 4.47 Å². The van der Waals surface area contributed by atoms with Crippen LogP contribution in [0.2, 0.25) is 5.02 Å². The van der Waals surface area contributed by atoms with Crippen LogP contribution in [0.25, 0.3) is 0 Å². The highest BCUT2D eigenvalue weighted by Gasteiger charge is 2.31. The first-order chi connectivity index (χ1) is 14.1. The minimum absolute atomic E-state index is 0.0150. The van der Waals surface area contributed by atoms with Crippen molar-refractivity contribution in [2.45, 2.75) is 43.5 Å². The molecule has 2 atom stereocenters. The highest BCUT2D eigenvalue weighted by molar-refractivity contribution is 7.89. The third-order valence-electron chi connectivity index (χ3n) is 5.55. The van der Waals surface area contributed by atoms with E-state index in [-0.39, 0.29) is 28.1 Å². The summed E-state index contributed by atoms with van der Waals surface area (Å²) in [6, 6.07) is 2.66. The van der Waals surface area contributed by atoms with E-state index in [9.17, 15) is 23.1 Å². The fourth-order valence-electron chi connectivity index (χ4n) is 3.62. The molecular formula is C19H24ClN3O6S. The average molecular weight is 458 g/mol. The van der Waals surface area contributed by atoms with E-state index in [0.29, 0.717) is 10.4 Å². The summed E-state index contributed by atoms with van der Waals surface area (Å²) in [7, 11) is -1.96. The zero-order valence-corrected chi connectivity index (χ0v) is 18.4. The average Bonchev–Trinajstić information content (AvgIpc) is 2.72. The Balaban J connectivity index is 1.95. The molecule has 2 aromatic rings. The maximum absolute atomic E-state index is 12.6. The second kappa shape index (κ2) is 8.54. The summed E-state index contributed by atoms with van der Waals surface area (Å²) in [4.78, 5) is 28.4. The van der Waals surface area contributed by atoms with Gasteiger partial charge in [-0.25, -0.2) is 8.42 Å². The van der Waals surface area contributed by atoms with Crippen molar-refractivity contribution in [2.24, 2.45) is 5.92 Å². The van der Waals surface area contributed by atoms with Crippen molar-refractivity contribution in [1.29, 1.82) is 0 Å². The minimum atomic E-state index is -4.26. The number of hydrogen-bond donors (Lipinski definition) is 3. The lowest BCUT2D eigenvalue weighted by molar-refractivity contribution is -0.0259. The molecule has 1 saturated carbocycles. The molecule has 0 aromatic heterocycles. The van der Waals surface area contributed by atoms with E-state index in [1.54, 1.807) is 0 Å². The molecule has 9 nitrogen and oxygen atoms in total. The summed E-state index contributed by atoms with van der Waals surface area (Å²) in [5, 5.41) is 16.2. The minimum Gasteiger partial charge on any atom is -0.504 e. The van der Waals surface area contributed by atoms with Gasteiger partial charge in [-0.1, -0.05) is 35.8 Å². The molecule has 1 fully saturated rings. The molecule has 2 aromatic carbocycles. The molecule has 0 saturated heterocycles. The van der Waals surface area contributed by atoms with Gasteiger partial charge in [0.25, 0.3) is 20.9 Å². The quantitative estimate of drug-likeness (QED) is 0.329. The fraction of sp³-hybridized carbons (Fsp3) is 0.474. The predicted octanol–water partition coefficient (Wildman–Crippen LogP) is 2.56. The lowest BCUT2D eigenvalue weighted by Gasteiger charge is -2.31. The Bertz CT molecular complexity index is 1130. The lowest BCUT2D eigenvalue weighted by atomic mass is 9.85. The first kappa shape index (κ1) is 22.5. The molecule has 11 heteroatoms. The lowest BCUT2D eigenvalue weighted by Crippen LogP contribution is -2.41.